The van der Waals surface area contributed by atoms with Gasteiger partial charge in [0.15, 0.2) is 0 Å². The maximum atomic E-state index is 5.47. The lowest BCUT2D eigenvalue weighted by atomic mass is 9.97. The summed E-state index contributed by atoms with van der Waals surface area (Å²) in [5, 5.41) is 19.1. The highest BCUT2D eigenvalue weighted by Crippen LogP contribution is 2.20. The van der Waals surface area contributed by atoms with Gasteiger partial charge in [0.25, 0.3) is 5.88 Å². The predicted octanol–water partition coefficient (Wildman–Crippen LogP) is 0.516. The molecule has 2 aromatic heterocycles. The molecule has 1 atom stereocenters. The number of hydrogen-bond acceptors (Lipinski definition) is 7. The van der Waals surface area contributed by atoms with E-state index < -0.39 is 0 Å². The van der Waals surface area contributed by atoms with Crippen LogP contribution in [0.3, 0.4) is 0 Å². The SMILES string of the molecule is Cc1nonc1OCCn1cc(C2CCCNC2)nn1. The first kappa shape index (κ1) is 13.0. The molecule has 1 unspecified atom stereocenters. The third-order valence-corrected chi connectivity index (χ3v) is 3.44. The van der Waals surface area contributed by atoms with Gasteiger partial charge in [-0.05, 0) is 31.5 Å². The van der Waals surface area contributed by atoms with Crippen molar-refractivity contribution in [3.8, 4) is 5.88 Å². The van der Waals surface area contributed by atoms with Gasteiger partial charge in [0.1, 0.15) is 12.3 Å². The molecular formula is C12H18N6O2. The minimum atomic E-state index is 0.432. The highest BCUT2D eigenvalue weighted by atomic mass is 16.6. The highest BCUT2D eigenvalue weighted by Gasteiger charge is 2.18. The van der Waals surface area contributed by atoms with Crippen LogP contribution < -0.4 is 10.1 Å². The van der Waals surface area contributed by atoms with Gasteiger partial charge < -0.3 is 10.1 Å². The number of aryl methyl sites for hydroxylation is 1. The van der Waals surface area contributed by atoms with Crippen LogP contribution in [0.15, 0.2) is 10.8 Å². The van der Waals surface area contributed by atoms with Gasteiger partial charge in [0.2, 0.25) is 0 Å². The zero-order chi connectivity index (χ0) is 13.8. The van der Waals surface area contributed by atoms with E-state index >= 15 is 0 Å². The number of ether oxygens (including phenoxy) is 1. The average Bonchev–Trinajstić information content (AvgIpc) is 3.10. The Bertz CT molecular complexity index is 546. The molecule has 1 fully saturated rings. The van der Waals surface area contributed by atoms with Gasteiger partial charge in [-0.3, -0.25) is 0 Å². The quantitative estimate of drug-likeness (QED) is 0.852. The molecule has 0 aromatic carbocycles. The summed E-state index contributed by atoms with van der Waals surface area (Å²) in [7, 11) is 0. The van der Waals surface area contributed by atoms with Gasteiger partial charge in [0.05, 0.1) is 12.2 Å². The molecule has 108 valence electrons. The van der Waals surface area contributed by atoms with E-state index in [1.54, 1.807) is 11.6 Å². The third kappa shape index (κ3) is 2.96. The average molecular weight is 278 g/mol. The monoisotopic (exact) mass is 278 g/mol. The Kier molecular flexibility index (Phi) is 3.91. The minimum Gasteiger partial charge on any atom is -0.472 e. The van der Waals surface area contributed by atoms with E-state index in [1.807, 2.05) is 6.20 Å². The molecule has 8 heteroatoms. The molecule has 1 aliphatic heterocycles. The fraction of sp³-hybridized carbons (Fsp3) is 0.667. The van der Waals surface area contributed by atoms with E-state index in [1.165, 1.54) is 12.8 Å². The Balaban J connectivity index is 1.51. The molecule has 1 saturated heterocycles. The van der Waals surface area contributed by atoms with Crippen molar-refractivity contribution >= 4 is 0 Å². The molecule has 0 saturated carbocycles. The van der Waals surface area contributed by atoms with Crippen LogP contribution in [-0.2, 0) is 6.54 Å². The number of hydrogen-bond donors (Lipinski definition) is 1. The van der Waals surface area contributed by atoms with Crippen LogP contribution in [0.25, 0.3) is 0 Å². The van der Waals surface area contributed by atoms with Crippen LogP contribution in [0.5, 0.6) is 5.88 Å². The van der Waals surface area contributed by atoms with Gasteiger partial charge >= 0.3 is 0 Å². The Morgan fingerprint density at radius 2 is 2.45 bits per heavy atom. The molecule has 1 N–H and O–H groups in total. The summed E-state index contributed by atoms with van der Waals surface area (Å²) in [6, 6.07) is 0. The number of rotatable bonds is 5. The molecule has 0 spiro atoms. The second-order valence-corrected chi connectivity index (χ2v) is 4.95. The van der Waals surface area contributed by atoms with Crippen LogP contribution in [0.4, 0.5) is 0 Å². The third-order valence-electron chi connectivity index (χ3n) is 3.44. The largest absolute Gasteiger partial charge is 0.472 e. The first-order valence-corrected chi connectivity index (χ1v) is 6.85. The van der Waals surface area contributed by atoms with Crippen LogP contribution in [-0.4, -0.2) is 45.0 Å². The number of nitrogens with one attached hydrogen (secondary N) is 1. The molecular weight excluding hydrogens is 260 g/mol. The van der Waals surface area contributed by atoms with Crippen molar-refractivity contribution < 1.29 is 9.37 Å². The lowest BCUT2D eigenvalue weighted by molar-refractivity contribution is 0.244. The fourth-order valence-electron chi connectivity index (χ4n) is 2.30. The zero-order valence-electron chi connectivity index (χ0n) is 11.4. The van der Waals surface area contributed by atoms with Crippen molar-refractivity contribution in [2.75, 3.05) is 19.7 Å². The first-order chi connectivity index (χ1) is 9.83. The summed E-state index contributed by atoms with van der Waals surface area (Å²) in [5.41, 5.74) is 1.70. The van der Waals surface area contributed by atoms with E-state index in [9.17, 15) is 0 Å². The summed E-state index contributed by atoms with van der Waals surface area (Å²) < 4.78 is 11.8. The Hall–Kier alpha value is -1.96. The van der Waals surface area contributed by atoms with Crippen molar-refractivity contribution in [2.45, 2.75) is 32.2 Å². The number of piperidine rings is 1. The number of nitrogens with zero attached hydrogens (tertiary/aromatic N) is 5. The lowest BCUT2D eigenvalue weighted by Crippen LogP contribution is -2.28. The maximum Gasteiger partial charge on any atom is 0.278 e. The molecule has 3 heterocycles. The van der Waals surface area contributed by atoms with Crippen molar-refractivity contribution in [2.24, 2.45) is 0 Å². The summed E-state index contributed by atoms with van der Waals surface area (Å²) in [4.78, 5) is 0. The highest BCUT2D eigenvalue weighted by molar-refractivity contribution is 5.11. The van der Waals surface area contributed by atoms with E-state index in [0.717, 1.165) is 18.8 Å². The lowest BCUT2D eigenvalue weighted by Gasteiger charge is -2.20. The fourth-order valence-corrected chi connectivity index (χ4v) is 2.30. The van der Waals surface area contributed by atoms with Gasteiger partial charge in [-0.1, -0.05) is 10.4 Å². The van der Waals surface area contributed by atoms with Gasteiger partial charge in [-0.2, -0.15) is 0 Å². The second-order valence-electron chi connectivity index (χ2n) is 4.95. The summed E-state index contributed by atoms with van der Waals surface area (Å²) in [6.07, 6.45) is 4.36. The molecule has 8 nitrogen and oxygen atoms in total. The Morgan fingerprint density at radius 3 is 3.20 bits per heavy atom. The van der Waals surface area contributed by atoms with Crippen LogP contribution in [0.2, 0.25) is 0 Å². The van der Waals surface area contributed by atoms with Gasteiger partial charge in [-0.15, -0.1) is 5.10 Å². The second kappa shape index (κ2) is 6.00. The van der Waals surface area contributed by atoms with Crippen molar-refractivity contribution in [3.63, 3.8) is 0 Å². The first-order valence-electron chi connectivity index (χ1n) is 6.85. The summed E-state index contributed by atoms with van der Waals surface area (Å²) in [5.74, 6) is 0.905. The molecule has 3 rings (SSSR count). The smallest absolute Gasteiger partial charge is 0.278 e. The number of aromatic nitrogens is 5. The minimum absolute atomic E-state index is 0.432. The van der Waals surface area contributed by atoms with Crippen molar-refractivity contribution in [1.82, 2.24) is 30.6 Å². The van der Waals surface area contributed by atoms with Crippen molar-refractivity contribution in [3.05, 3.63) is 17.6 Å². The topological polar surface area (TPSA) is 90.9 Å². The van der Waals surface area contributed by atoms with Gasteiger partial charge in [0, 0.05) is 18.7 Å². The Labute approximate surface area is 116 Å². The zero-order valence-corrected chi connectivity index (χ0v) is 11.4. The molecule has 0 aliphatic carbocycles. The van der Waals surface area contributed by atoms with Gasteiger partial charge in [-0.25, -0.2) is 9.31 Å². The normalized spacial score (nSPS) is 19.1. The van der Waals surface area contributed by atoms with E-state index in [0.29, 0.717) is 30.6 Å². The maximum absolute atomic E-state index is 5.47. The predicted molar refractivity (Wildman–Crippen MR) is 69.4 cm³/mol. The van der Waals surface area contributed by atoms with E-state index in [4.69, 9.17) is 4.74 Å². The summed E-state index contributed by atoms with van der Waals surface area (Å²) in [6.45, 7) is 4.96. The molecule has 0 radical (unpaired) electrons. The van der Waals surface area contributed by atoms with Crippen molar-refractivity contribution in [1.29, 1.82) is 0 Å². The Morgan fingerprint density at radius 1 is 1.50 bits per heavy atom. The molecule has 0 amide bonds. The molecule has 1 aliphatic rings. The van der Waals surface area contributed by atoms with Crippen LogP contribution in [0.1, 0.15) is 30.1 Å². The van der Waals surface area contributed by atoms with E-state index in [-0.39, 0.29) is 0 Å². The molecule has 0 bridgehead atoms. The molecule has 2 aromatic rings. The molecule has 20 heavy (non-hydrogen) atoms. The standard InChI is InChI=1S/C12H18N6O2/c1-9-12(16-20-15-9)19-6-5-18-8-11(14-17-18)10-3-2-4-13-7-10/h8,10,13H,2-7H2,1H3. The van der Waals surface area contributed by atoms with Crippen LogP contribution in [0, 0.1) is 6.92 Å². The summed E-state index contributed by atoms with van der Waals surface area (Å²) >= 11 is 0. The van der Waals surface area contributed by atoms with E-state index in [2.05, 4.69) is 30.6 Å². The van der Waals surface area contributed by atoms with Crippen LogP contribution >= 0.6 is 0 Å².